The van der Waals surface area contributed by atoms with Gasteiger partial charge in [0, 0.05) is 0 Å². The van der Waals surface area contributed by atoms with Crippen LogP contribution in [0.15, 0.2) is 12.4 Å². The van der Waals surface area contributed by atoms with E-state index in [-0.39, 0.29) is 0 Å². The molecule has 1 rings (SSSR count). The molecule has 0 aliphatic rings. The zero-order chi connectivity index (χ0) is 29.6. The molecule has 0 fully saturated rings. The van der Waals surface area contributed by atoms with Gasteiger partial charge in [0.05, 0.1) is 19.0 Å². The summed E-state index contributed by atoms with van der Waals surface area (Å²) in [4.78, 5) is 0. The Morgan fingerprint density at radius 2 is 0.780 bits per heavy atom. The largest absolute Gasteiger partial charge is 0.258 e. The predicted octanol–water partition coefficient (Wildman–Crippen LogP) is 13.3. The summed E-state index contributed by atoms with van der Waals surface area (Å²) >= 11 is 0. The van der Waals surface area contributed by atoms with Gasteiger partial charge < -0.3 is 0 Å². The standard InChI is InChI=1S/C39H77N2/c1-5-7-9-11-13-15-17-19-20-21-23-25-27-29-31-33-35-41-37-36-40(39(41)38(3)4)34-32-30-28-26-24-22-18-16-14-12-10-8-6-2/h36-38H,5-35H2,1-4H3/q+1. The average Bonchev–Trinajstić information content (AvgIpc) is 3.38. The number of nitrogens with zero attached hydrogens (tertiary/aromatic N) is 2. The van der Waals surface area contributed by atoms with Crippen LogP contribution in [0, 0.1) is 0 Å². The van der Waals surface area contributed by atoms with Crippen LogP contribution in [-0.2, 0) is 13.1 Å². The Kier molecular flexibility index (Phi) is 27.3. The minimum atomic E-state index is 0.605. The Morgan fingerprint density at radius 3 is 1.12 bits per heavy atom. The van der Waals surface area contributed by atoms with E-state index in [4.69, 9.17) is 0 Å². The number of hydrogen-bond donors (Lipinski definition) is 0. The molecule has 0 saturated heterocycles. The molecule has 0 radical (unpaired) electrons. The van der Waals surface area contributed by atoms with Crippen molar-refractivity contribution >= 4 is 0 Å². The Bertz CT molecular complexity index is 646. The van der Waals surface area contributed by atoms with E-state index in [0.29, 0.717) is 5.92 Å². The fraction of sp³-hybridized carbons (Fsp3) is 0.923. The second kappa shape index (κ2) is 29.3. The second-order valence-electron chi connectivity index (χ2n) is 13.7. The Labute approximate surface area is 259 Å². The summed E-state index contributed by atoms with van der Waals surface area (Å²) in [5.41, 5.74) is 0. The van der Waals surface area contributed by atoms with E-state index < -0.39 is 0 Å². The van der Waals surface area contributed by atoms with Crippen LogP contribution in [0.4, 0.5) is 0 Å². The summed E-state index contributed by atoms with van der Waals surface area (Å²) < 4.78 is 5.13. The first-order valence-corrected chi connectivity index (χ1v) is 19.3. The molecule has 0 atom stereocenters. The molecule has 0 unspecified atom stereocenters. The minimum absolute atomic E-state index is 0.605. The Balaban J connectivity index is 2.00. The Morgan fingerprint density at radius 1 is 0.463 bits per heavy atom. The lowest BCUT2D eigenvalue weighted by Crippen LogP contribution is -2.38. The van der Waals surface area contributed by atoms with Gasteiger partial charge in [0.25, 0.3) is 5.82 Å². The molecule has 41 heavy (non-hydrogen) atoms. The number of aromatic nitrogens is 2. The Hall–Kier alpha value is -0.790. The third kappa shape index (κ3) is 22.4. The van der Waals surface area contributed by atoms with E-state index in [9.17, 15) is 0 Å². The SMILES string of the molecule is CCCCCCCCCCCCCCCCCCn1cc[n+](CCCCCCCCCCCCCCC)c1C(C)C. The molecule has 0 saturated carbocycles. The van der Waals surface area contributed by atoms with Crippen molar-refractivity contribution < 1.29 is 4.57 Å². The fourth-order valence-corrected chi connectivity index (χ4v) is 6.65. The highest BCUT2D eigenvalue weighted by Gasteiger charge is 2.20. The minimum Gasteiger partial charge on any atom is -0.234 e. The molecule has 0 aliphatic heterocycles. The first-order chi connectivity index (χ1) is 20.2. The highest BCUT2D eigenvalue weighted by atomic mass is 15.1. The van der Waals surface area contributed by atoms with Crippen molar-refractivity contribution in [1.29, 1.82) is 0 Å². The molecule has 2 nitrogen and oxygen atoms in total. The highest BCUT2D eigenvalue weighted by Crippen LogP contribution is 2.16. The van der Waals surface area contributed by atoms with Crippen molar-refractivity contribution in [3.63, 3.8) is 0 Å². The van der Waals surface area contributed by atoms with Gasteiger partial charge in [-0.05, 0) is 25.7 Å². The zero-order valence-corrected chi connectivity index (χ0v) is 29.0. The highest BCUT2D eigenvalue weighted by molar-refractivity contribution is 4.89. The molecule has 0 bridgehead atoms. The predicted molar refractivity (Wildman–Crippen MR) is 184 cm³/mol. The van der Waals surface area contributed by atoms with E-state index in [1.807, 2.05) is 0 Å². The van der Waals surface area contributed by atoms with Crippen LogP contribution in [0.25, 0.3) is 0 Å². The quantitative estimate of drug-likeness (QED) is 0.0598. The average molecular weight is 574 g/mol. The molecular formula is C39H77N2+. The maximum Gasteiger partial charge on any atom is 0.258 e. The number of rotatable bonds is 32. The monoisotopic (exact) mass is 574 g/mol. The lowest BCUT2D eigenvalue weighted by atomic mass is 10.0. The lowest BCUT2D eigenvalue weighted by Gasteiger charge is -2.08. The number of unbranched alkanes of at least 4 members (excludes halogenated alkanes) is 27. The molecule has 0 N–H and O–H groups in total. The van der Waals surface area contributed by atoms with Crippen LogP contribution in [0.5, 0.6) is 0 Å². The van der Waals surface area contributed by atoms with Gasteiger partial charge in [-0.25, -0.2) is 9.13 Å². The number of aryl methyl sites for hydroxylation is 2. The van der Waals surface area contributed by atoms with Gasteiger partial charge in [-0.1, -0.05) is 188 Å². The van der Waals surface area contributed by atoms with Crippen LogP contribution in [0.2, 0.25) is 0 Å². The topological polar surface area (TPSA) is 8.81 Å². The van der Waals surface area contributed by atoms with Gasteiger partial charge in [0.1, 0.15) is 12.4 Å². The normalized spacial score (nSPS) is 11.7. The van der Waals surface area contributed by atoms with Crippen LogP contribution >= 0.6 is 0 Å². The molecule has 0 amide bonds. The van der Waals surface area contributed by atoms with Gasteiger partial charge in [-0.15, -0.1) is 0 Å². The van der Waals surface area contributed by atoms with Crippen molar-refractivity contribution in [2.45, 2.75) is 233 Å². The number of hydrogen-bond acceptors (Lipinski definition) is 0. The van der Waals surface area contributed by atoms with Crippen LogP contribution in [-0.4, -0.2) is 4.57 Å². The van der Waals surface area contributed by atoms with Gasteiger partial charge in [-0.2, -0.15) is 0 Å². The molecule has 0 spiro atoms. The molecule has 242 valence electrons. The van der Waals surface area contributed by atoms with Gasteiger partial charge >= 0.3 is 0 Å². The molecule has 1 heterocycles. The third-order valence-corrected chi connectivity index (χ3v) is 9.29. The van der Waals surface area contributed by atoms with Crippen molar-refractivity contribution in [1.82, 2.24) is 4.57 Å². The smallest absolute Gasteiger partial charge is 0.234 e. The summed E-state index contributed by atoms with van der Waals surface area (Å²) in [5.74, 6) is 2.15. The van der Waals surface area contributed by atoms with Gasteiger partial charge in [-0.3, -0.25) is 0 Å². The molecule has 1 aromatic rings. The molecule has 2 heteroatoms. The van der Waals surface area contributed by atoms with Crippen LogP contribution in [0.1, 0.15) is 226 Å². The first kappa shape index (κ1) is 38.2. The molecule has 0 aromatic carbocycles. The number of imidazole rings is 1. The van der Waals surface area contributed by atoms with E-state index >= 15 is 0 Å². The fourth-order valence-electron chi connectivity index (χ4n) is 6.65. The zero-order valence-electron chi connectivity index (χ0n) is 29.0. The third-order valence-electron chi connectivity index (χ3n) is 9.29. The molecule has 0 aliphatic carbocycles. The molecule has 1 aromatic heterocycles. The van der Waals surface area contributed by atoms with Crippen LogP contribution in [0.3, 0.4) is 0 Å². The van der Waals surface area contributed by atoms with Crippen molar-refractivity contribution in [2.24, 2.45) is 0 Å². The summed E-state index contributed by atoms with van der Waals surface area (Å²) in [6, 6.07) is 0. The van der Waals surface area contributed by atoms with E-state index in [1.54, 1.807) is 5.82 Å². The van der Waals surface area contributed by atoms with Gasteiger partial charge in [0.2, 0.25) is 0 Å². The maximum absolute atomic E-state index is 2.57. The summed E-state index contributed by atoms with van der Waals surface area (Å²) in [6.07, 6.45) is 46.4. The van der Waals surface area contributed by atoms with E-state index in [1.165, 1.54) is 199 Å². The first-order valence-electron chi connectivity index (χ1n) is 19.3. The van der Waals surface area contributed by atoms with Crippen molar-refractivity contribution in [3.8, 4) is 0 Å². The van der Waals surface area contributed by atoms with Gasteiger partial charge in [0.15, 0.2) is 0 Å². The van der Waals surface area contributed by atoms with E-state index in [0.717, 1.165) is 0 Å². The lowest BCUT2D eigenvalue weighted by molar-refractivity contribution is -0.705. The van der Waals surface area contributed by atoms with Crippen LogP contribution < -0.4 is 4.57 Å². The second-order valence-corrected chi connectivity index (χ2v) is 13.7. The summed E-state index contributed by atoms with van der Waals surface area (Å²) in [5, 5.41) is 0. The van der Waals surface area contributed by atoms with Crippen molar-refractivity contribution in [2.75, 3.05) is 0 Å². The summed E-state index contributed by atoms with van der Waals surface area (Å²) in [7, 11) is 0. The van der Waals surface area contributed by atoms with E-state index in [2.05, 4.69) is 49.2 Å². The molecular weight excluding hydrogens is 496 g/mol. The maximum atomic E-state index is 2.57. The summed E-state index contributed by atoms with van der Waals surface area (Å²) in [6.45, 7) is 11.8. The van der Waals surface area contributed by atoms with Crippen molar-refractivity contribution in [3.05, 3.63) is 18.2 Å².